The Morgan fingerprint density at radius 3 is 2.82 bits per heavy atom. The topological polar surface area (TPSA) is 17.8 Å². The van der Waals surface area contributed by atoms with Gasteiger partial charge in [-0.05, 0) is 25.0 Å². The maximum atomic E-state index is 4.70. The zero-order valence-corrected chi connectivity index (χ0v) is 11.2. The van der Waals surface area contributed by atoms with E-state index in [0.717, 1.165) is 34.0 Å². The fraction of sp³-hybridized carbons (Fsp3) is 0.308. The fourth-order valence-electron chi connectivity index (χ4n) is 2.28. The van der Waals surface area contributed by atoms with Gasteiger partial charge < -0.3 is 4.57 Å². The fourth-order valence-corrected chi connectivity index (χ4v) is 2.91. The van der Waals surface area contributed by atoms with Crippen molar-refractivity contribution in [1.29, 1.82) is 0 Å². The summed E-state index contributed by atoms with van der Waals surface area (Å²) in [6.45, 7) is 1.09. The van der Waals surface area contributed by atoms with E-state index in [1.165, 1.54) is 18.7 Å². The van der Waals surface area contributed by atoms with Crippen molar-refractivity contribution in [2.24, 2.45) is 0 Å². The smallest absolute Gasteiger partial charge is 0.109 e. The molecule has 4 heteroatoms. The second-order valence-electron chi connectivity index (χ2n) is 4.39. The van der Waals surface area contributed by atoms with Crippen LogP contribution in [0, 0.1) is 0 Å². The lowest BCUT2D eigenvalue weighted by molar-refractivity contribution is 0.522. The SMILES string of the molecule is Sc1ccc(-c2cn3c(n2)CCCC3)c(S)c1. The van der Waals surface area contributed by atoms with Gasteiger partial charge in [-0.1, -0.05) is 6.07 Å². The first-order chi connectivity index (χ1) is 8.24. The normalized spacial score (nSPS) is 14.7. The number of benzene rings is 1. The highest BCUT2D eigenvalue weighted by Gasteiger charge is 2.14. The molecule has 0 bridgehead atoms. The van der Waals surface area contributed by atoms with E-state index in [4.69, 9.17) is 4.98 Å². The Balaban J connectivity index is 2.06. The highest BCUT2D eigenvalue weighted by molar-refractivity contribution is 7.81. The zero-order valence-electron chi connectivity index (χ0n) is 9.43. The summed E-state index contributed by atoms with van der Waals surface area (Å²) < 4.78 is 2.26. The number of imidazole rings is 1. The van der Waals surface area contributed by atoms with Crippen LogP contribution in [0.15, 0.2) is 34.2 Å². The van der Waals surface area contributed by atoms with E-state index in [0.29, 0.717) is 0 Å². The average molecular weight is 262 g/mol. The molecule has 2 aromatic rings. The van der Waals surface area contributed by atoms with E-state index in [1.54, 1.807) is 0 Å². The van der Waals surface area contributed by atoms with Crippen LogP contribution < -0.4 is 0 Å². The molecule has 0 N–H and O–H groups in total. The van der Waals surface area contributed by atoms with Gasteiger partial charge >= 0.3 is 0 Å². The zero-order chi connectivity index (χ0) is 11.8. The highest BCUT2D eigenvalue weighted by atomic mass is 32.1. The van der Waals surface area contributed by atoms with Crippen LogP contribution in [0.2, 0.25) is 0 Å². The Hall–Kier alpha value is -0.870. The maximum absolute atomic E-state index is 4.70. The summed E-state index contributed by atoms with van der Waals surface area (Å²) in [7, 11) is 0. The molecule has 2 heterocycles. The van der Waals surface area contributed by atoms with E-state index in [2.05, 4.69) is 36.0 Å². The molecule has 3 rings (SSSR count). The lowest BCUT2D eigenvalue weighted by Crippen LogP contribution is -2.08. The number of rotatable bonds is 1. The highest BCUT2D eigenvalue weighted by Crippen LogP contribution is 2.29. The Bertz CT molecular complexity index is 537. The van der Waals surface area contributed by atoms with Gasteiger partial charge in [-0.3, -0.25) is 0 Å². The second-order valence-corrected chi connectivity index (χ2v) is 5.39. The van der Waals surface area contributed by atoms with Gasteiger partial charge in [-0.2, -0.15) is 0 Å². The summed E-state index contributed by atoms with van der Waals surface area (Å²) in [5.74, 6) is 1.20. The average Bonchev–Trinajstić information content (AvgIpc) is 2.72. The van der Waals surface area contributed by atoms with Gasteiger partial charge in [0.2, 0.25) is 0 Å². The number of hydrogen-bond donors (Lipinski definition) is 2. The first-order valence-electron chi connectivity index (χ1n) is 5.82. The Labute approximate surface area is 112 Å². The predicted octanol–water partition coefficient (Wildman–Crippen LogP) is 3.46. The summed E-state index contributed by atoms with van der Waals surface area (Å²) in [5, 5.41) is 0. The molecule has 1 aromatic carbocycles. The molecule has 0 fully saturated rings. The van der Waals surface area contributed by atoms with Crippen molar-refractivity contribution in [3.63, 3.8) is 0 Å². The van der Waals surface area contributed by atoms with Crippen molar-refractivity contribution in [3.8, 4) is 11.3 Å². The summed E-state index contributed by atoms with van der Waals surface area (Å²) >= 11 is 8.81. The lowest BCUT2D eigenvalue weighted by Gasteiger charge is -2.11. The molecular weight excluding hydrogens is 248 g/mol. The largest absolute Gasteiger partial charge is 0.334 e. The molecule has 2 nitrogen and oxygen atoms in total. The van der Waals surface area contributed by atoms with Gasteiger partial charge in [0.25, 0.3) is 0 Å². The van der Waals surface area contributed by atoms with Crippen LogP contribution in [0.5, 0.6) is 0 Å². The monoisotopic (exact) mass is 262 g/mol. The molecule has 0 saturated carbocycles. The maximum Gasteiger partial charge on any atom is 0.109 e. The molecule has 0 aliphatic carbocycles. The molecule has 88 valence electrons. The van der Waals surface area contributed by atoms with E-state index < -0.39 is 0 Å². The molecule has 1 aliphatic heterocycles. The van der Waals surface area contributed by atoms with E-state index in [1.807, 2.05) is 18.2 Å². The number of nitrogens with zero attached hydrogens (tertiary/aromatic N) is 2. The molecule has 0 unspecified atom stereocenters. The Morgan fingerprint density at radius 1 is 1.18 bits per heavy atom. The lowest BCUT2D eigenvalue weighted by atomic mass is 10.2. The minimum Gasteiger partial charge on any atom is -0.334 e. The third-order valence-electron chi connectivity index (χ3n) is 3.17. The molecule has 1 aromatic heterocycles. The van der Waals surface area contributed by atoms with E-state index in [-0.39, 0.29) is 0 Å². The molecule has 17 heavy (non-hydrogen) atoms. The summed E-state index contributed by atoms with van der Waals surface area (Å²) in [4.78, 5) is 6.57. The van der Waals surface area contributed by atoms with E-state index >= 15 is 0 Å². The molecule has 1 aliphatic rings. The van der Waals surface area contributed by atoms with Crippen molar-refractivity contribution in [2.45, 2.75) is 35.6 Å². The number of aryl methyl sites for hydroxylation is 2. The number of thiol groups is 2. The van der Waals surface area contributed by atoms with Crippen LogP contribution >= 0.6 is 25.3 Å². The van der Waals surface area contributed by atoms with Crippen molar-refractivity contribution < 1.29 is 0 Å². The minimum atomic E-state index is 0.933. The molecular formula is C13H14N2S2. The number of fused-ring (bicyclic) bond motifs is 1. The summed E-state index contributed by atoms with van der Waals surface area (Å²) in [5.41, 5.74) is 2.12. The van der Waals surface area contributed by atoms with Gasteiger partial charge in [0, 0.05) is 34.5 Å². The van der Waals surface area contributed by atoms with Gasteiger partial charge in [0.1, 0.15) is 5.82 Å². The third kappa shape index (κ3) is 2.11. The predicted molar refractivity (Wildman–Crippen MR) is 75.1 cm³/mol. The summed E-state index contributed by atoms with van der Waals surface area (Å²) in [6, 6.07) is 5.98. The third-order valence-corrected chi connectivity index (χ3v) is 3.81. The minimum absolute atomic E-state index is 0.933. The Morgan fingerprint density at radius 2 is 2.06 bits per heavy atom. The molecule has 0 atom stereocenters. The van der Waals surface area contributed by atoms with Crippen LogP contribution in [0.3, 0.4) is 0 Å². The van der Waals surface area contributed by atoms with Crippen molar-refractivity contribution in [1.82, 2.24) is 9.55 Å². The molecule has 0 amide bonds. The van der Waals surface area contributed by atoms with Crippen LogP contribution in [-0.4, -0.2) is 9.55 Å². The number of hydrogen-bond acceptors (Lipinski definition) is 3. The molecule has 0 saturated heterocycles. The molecule has 0 spiro atoms. The van der Waals surface area contributed by atoms with Crippen LogP contribution in [-0.2, 0) is 13.0 Å². The first kappa shape index (κ1) is 11.2. The standard InChI is InChI=1S/C13H14N2S2/c16-9-4-5-10(12(17)7-9)11-8-15-6-2-1-3-13(15)14-11/h4-5,7-8,16-17H,1-3,6H2. The molecule has 0 radical (unpaired) electrons. The van der Waals surface area contributed by atoms with Crippen LogP contribution in [0.4, 0.5) is 0 Å². The van der Waals surface area contributed by atoms with Gasteiger partial charge in [-0.25, -0.2) is 4.98 Å². The quantitative estimate of drug-likeness (QED) is 0.753. The van der Waals surface area contributed by atoms with Crippen LogP contribution in [0.25, 0.3) is 11.3 Å². The van der Waals surface area contributed by atoms with Crippen molar-refractivity contribution >= 4 is 25.3 Å². The summed E-state index contributed by atoms with van der Waals surface area (Å²) in [6.07, 6.45) is 5.74. The van der Waals surface area contributed by atoms with Crippen molar-refractivity contribution in [3.05, 3.63) is 30.2 Å². The van der Waals surface area contributed by atoms with Crippen molar-refractivity contribution in [2.75, 3.05) is 0 Å². The van der Waals surface area contributed by atoms with Gasteiger partial charge in [-0.15, -0.1) is 25.3 Å². The van der Waals surface area contributed by atoms with Gasteiger partial charge in [0.05, 0.1) is 5.69 Å². The van der Waals surface area contributed by atoms with Crippen LogP contribution in [0.1, 0.15) is 18.7 Å². The Kier molecular flexibility index (Phi) is 2.92. The van der Waals surface area contributed by atoms with E-state index in [9.17, 15) is 0 Å². The second kappa shape index (κ2) is 4.42. The first-order valence-corrected chi connectivity index (χ1v) is 6.72. The van der Waals surface area contributed by atoms with Gasteiger partial charge in [0.15, 0.2) is 0 Å². The number of aromatic nitrogens is 2.